The van der Waals surface area contributed by atoms with Crippen LogP contribution in [-0.2, 0) is 12.8 Å². The molecule has 1 aliphatic carbocycles. The Kier molecular flexibility index (Phi) is 3.87. The summed E-state index contributed by atoms with van der Waals surface area (Å²) in [4.78, 5) is 11.6. The van der Waals surface area contributed by atoms with Crippen LogP contribution in [0.3, 0.4) is 0 Å². The molecule has 6 heteroatoms. The Labute approximate surface area is 140 Å². The van der Waals surface area contributed by atoms with E-state index < -0.39 is 0 Å². The molecule has 1 saturated heterocycles. The van der Waals surface area contributed by atoms with Gasteiger partial charge in [-0.15, -0.1) is 0 Å². The number of rotatable bonds is 4. The van der Waals surface area contributed by atoms with E-state index in [1.54, 1.807) is 11.9 Å². The van der Waals surface area contributed by atoms with Gasteiger partial charge in [-0.1, -0.05) is 24.1 Å². The number of aromatic nitrogens is 2. The van der Waals surface area contributed by atoms with E-state index in [4.69, 9.17) is 9.97 Å². The number of benzene rings is 1. The Hall–Kier alpha value is -1.79. The zero-order valence-electron chi connectivity index (χ0n) is 13.1. The molecule has 1 aromatic carbocycles. The Balaban J connectivity index is 1.76. The first kappa shape index (κ1) is 14.8. The van der Waals surface area contributed by atoms with Crippen LogP contribution in [0.5, 0.6) is 0 Å². The lowest BCUT2D eigenvalue weighted by atomic mass is 10.0. The summed E-state index contributed by atoms with van der Waals surface area (Å²) < 4.78 is 3.28. The molecule has 0 radical (unpaired) electrons. The smallest absolute Gasteiger partial charge is 0.226 e. The van der Waals surface area contributed by atoms with Crippen LogP contribution in [-0.4, -0.2) is 40.5 Å². The number of hydrogen-bond acceptors (Lipinski definition) is 6. The topological polar surface area (TPSA) is 61.3 Å². The van der Waals surface area contributed by atoms with Gasteiger partial charge in [0.15, 0.2) is 0 Å². The lowest BCUT2D eigenvalue weighted by Crippen LogP contribution is -2.51. The highest BCUT2D eigenvalue weighted by Gasteiger charge is 2.29. The number of nitrogens with one attached hydrogen (secondary N) is 1. The molecule has 5 nitrogen and oxygen atoms in total. The van der Waals surface area contributed by atoms with Crippen LogP contribution < -0.4 is 9.62 Å². The summed E-state index contributed by atoms with van der Waals surface area (Å²) in [5.74, 6) is 0.758. The first-order chi connectivity index (χ1) is 11.2. The second-order valence-corrected chi connectivity index (χ2v) is 6.71. The van der Waals surface area contributed by atoms with Crippen molar-refractivity contribution in [1.29, 1.82) is 0 Å². The Morgan fingerprint density at radius 1 is 1.26 bits per heavy atom. The molecular formula is C17H20N4OS. The van der Waals surface area contributed by atoms with Gasteiger partial charge in [0.25, 0.3) is 0 Å². The summed E-state index contributed by atoms with van der Waals surface area (Å²) in [6, 6.07) is 8.38. The number of anilines is 2. The van der Waals surface area contributed by atoms with Gasteiger partial charge in [-0.05, 0) is 31.4 Å². The monoisotopic (exact) mass is 328 g/mol. The summed E-state index contributed by atoms with van der Waals surface area (Å²) >= 11 is 1.59. The molecule has 2 heterocycles. The summed E-state index contributed by atoms with van der Waals surface area (Å²) in [6.45, 7) is 1.26. The standard InChI is InChI=1S/C17H20N4OS/c1-23-20-12-5-2-4-11(8-12)16-14-6-3-7-15(14)18-17(19-16)21-9-13(22)10-21/h2,4-5,8,13,20,22H,3,6-7,9-10H2,1H3. The van der Waals surface area contributed by atoms with Gasteiger partial charge in [-0.2, -0.15) is 0 Å². The molecule has 0 saturated carbocycles. The van der Waals surface area contributed by atoms with Crippen LogP contribution in [0, 0.1) is 0 Å². The van der Waals surface area contributed by atoms with Gasteiger partial charge >= 0.3 is 0 Å². The maximum atomic E-state index is 9.55. The fourth-order valence-corrected chi connectivity index (χ4v) is 3.63. The third-order valence-corrected chi connectivity index (χ3v) is 4.86. The Morgan fingerprint density at radius 2 is 2.13 bits per heavy atom. The van der Waals surface area contributed by atoms with E-state index in [-0.39, 0.29) is 6.10 Å². The number of hydrogen-bond donors (Lipinski definition) is 2. The predicted molar refractivity (Wildman–Crippen MR) is 94.9 cm³/mol. The van der Waals surface area contributed by atoms with Gasteiger partial charge in [0.05, 0.1) is 11.8 Å². The Morgan fingerprint density at radius 3 is 2.91 bits per heavy atom. The molecule has 1 aromatic heterocycles. The van der Waals surface area contributed by atoms with Crippen LogP contribution in [0.2, 0.25) is 0 Å². The number of aliphatic hydroxyl groups is 1. The maximum absolute atomic E-state index is 9.55. The SMILES string of the molecule is CSNc1cccc(-c2nc(N3CC(O)C3)nc3c2CCC3)c1. The van der Waals surface area contributed by atoms with Gasteiger partial charge in [-0.3, -0.25) is 0 Å². The van der Waals surface area contributed by atoms with Gasteiger partial charge < -0.3 is 14.7 Å². The highest BCUT2D eigenvalue weighted by atomic mass is 32.2. The minimum absolute atomic E-state index is 0.246. The number of aryl methyl sites for hydroxylation is 1. The second kappa shape index (κ2) is 6.02. The maximum Gasteiger partial charge on any atom is 0.226 e. The number of β-amino-alcohol motifs (C(OH)–C–C–N with tert-alkyl or cyclic N) is 1. The second-order valence-electron chi connectivity index (χ2n) is 6.10. The van der Waals surface area contributed by atoms with E-state index in [0.29, 0.717) is 13.1 Å². The van der Waals surface area contributed by atoms with Crippen molar-refractivity contribution in [1.82, 2.24) is 9.97 Å². The van der Waals surface area contributed by atoms with E-state index in [1.807, 2.05) is 6.26 Å². The van der Waals surface area contributed by atoms with Crippen LogP contribution in [0.25, 0.3) is 11.3 Å². The van der Waals surface area contributed by atoms with Gasteiger partial charge in [0.2, 0.25) is 5.95 Å². The molecular weight excluding hydrogens is 308 g/mol. The number of aliphatic hydroxyl groups excluding tert-OH is 1. The van der Waals surface area contributed by atoms with Gasteiger partial charge in [0, 0.05) is 41.9 Å². The molecule has 0 atom stereocenters. The largest absolute Gasteiger partial charge is 0.389 e. The minimum Gasteiger partial charge on any atom is -0.389 e. The zero-order chi connectivity index (χ0) is 15.8. The number of fused-ring (bicyclic) bond motifs is 1. The average Bonchev–Trinajstić information content (AvgIpc) is 3.00. The minimum atomic E-state index is -0.246. The molecule has 4 rings (SSSR count). The third-order valence-electron chi connectivity index (χ3n) is 4.42. The number of nitrogens with zero attached hydrogens (tertiary/aromatic N) is 3. The van der Waals surface area contributed by atoms with E-state index in [2.05, 4.69) is 33.9 Å². The summed E-state index contributed by atoms with van der Waals surface area (Å²) in [6.07, 6.45) is 4.99. The van der Waals surface area contributed by atoms with E-state index in [1.165, 1.54) is 11.3 Å². The molecule has 1 aliphatic heterocycles. The van der Waals surface area contributed by atoms with E-state index in [0.717, 1.165) is 42.2 Å². The van der Waals surface area contributed by atoms with Crippen LogP contribution in [0.15, 0.2) is 24.3 Å². The Bertz CT molecular complexity index is 731. The third kappa shape index (κ3) is 2.77. The van der Waals surface area contributed by atoms with Crippen molar-refractivity contribution in [3.8, 4) is 11.3 Å². The van der Waals surface area contributed by atoms with Crippen molar-refractivity contribution in [2.45, 2.75) is 25.4 Å². The van der Waals surface area contributed by atoms with Crippen LogP contribution >= 0.6 is 11.9 Å². The lowest BCUT2D eigenvalue weighted by Gasteiger charge is -2.36. The quantitative estimate of drug-likeness (QED) is 0.841. The molecule has 23 heavy (non-hydrogen) atoms. The molecule has 0 bridgehead atoms. The average molecular weight is 328 g/mol. The van der Waals surface area contributed by atoms with Crippen LogP contribution in [0.1, 0.15) is 17.7 Å². The molecule has 1 fully saturated rings. The molecule has 0 amide bonds. The molecule has 2 N–H and O–H groups in total. The summed E-state index contributed by atoms with van der Waals surface area (Å²) in [5, 5.41) is 9.55. The lowest BCUT2D eigenvalue weighted by molar-refractivity contribution is 0.140. The fraction of sp³-hybridized carbons (Fsp3) is 0.412. The molecule has 2 aromatic rings. The normalized spacial score (nSPS) is 17.0. The highest BCUT2D eigenvalue weighted by molar-refractivity contribution is 7.99. The van der Waals surface area contributed by atoms with Gasteiger partial charge in [-0.25, -0.2) is 9.97 Å². The van der Waals surface area contributed by atoms with Crippen molar-refractivity contribution in [2.75, 3.05) is 29.0 Å². The fourth-order valence-electron chi connectivity index (χ4n) is 3.27. The molecule has 120 valence electrons. The first-order valence-electron chi connectivity index (χ1n) is 7.97. The molecule has 2 aliphatic rings. The first-order valence-corrected chi connectivity index (χ1v) is 9.19. The van der Waals surface area contributed by atoms with Crippen molar-refractivity contribution < 1.29 is 5.11 Å². The van der Waals surface area contributed by atoms with E-state index in [9.17, 15) is 5.11 Å². The van der Waals surface area contributed by atoms with E-state index >= 15 is 0 Å². The molecule has 0 spiro atoms. The molecule has 0 unspecified atom stereocenters. The van der Waals surface area contributed by atoms with Gasteiger partial charge in [0.1, 0.15) is 0 Å². The summed E-state index contributed by atoms with van der Waals surface area (Å²) in [7, 11) is 0. The zero-order valence-corrected chi connectivity index (χ0v) is 13.9. The van der Waals surface area contributed by atoms with Crippen LogP contribution in [0.4, 0.5) is 11.6 Å². The predicted octanol–water partition coefficient (Wildman–Crippen LogP) is 2.50. The summed E-state index contributed by atoms with van der Waals surface area (Å²) in [5.41, 5.74) is 5.73. The van der Waals surface area contributed by atoms with Crippen molar-refractivity contribution in [2.24, 2.45) is 0 Å². The van der Waals surface area contributed by atoms with Crippen molar-refractivity contribution in [3.05, 3.63) is 35.5 Å². The van der Waals surface area contributed by atoms with Crippen molar-refractivity contribution in [3.63, 3.8) is 0 Å². The van der Waals surface area contributed by atoms with Crippen molar-refractivity contribution >= 4 is 23.6 Å². The highest BCUT2D eigenvalue weighted by Crippen LogP contribution is 2.33.